The van der Waals surface area contributed by atoms with Crippen molar-refractivity contribution in [2.24, 2.45) is 0 Å². The van der Waals surface area contributed by atoms with Crippen molar-refractivity contribution in [1.82, 2.24) is 0 Å². The van der Waals surface area contributed by atoms with Crippen LogP contribution in [0.4, 0.5) is 0 Å². The van der Waals surface area contributed by atoms with E-state index in [0.29, 0.717) is 5.56 Å². The third-order valence-electron chi connectivity index (χ3n) is 5.06. The van der Waals surface area contributed by atoms with Crippen LogP contribution in [0.1, 0.15) is 28.4 Å². The van der Waals surface area contributed by atoms with Gasteiger partial charge in [-0.1, -0.05) is 54.5 Å². The summed E-state index contributed by atoms with van der Waals surface area (Å²) < 4.78 is 7.07. The van der Waals surface area contributed by atoms with E-state index in [1.807, 2.05) is 42.5 Å². The number of carbonyl (C=O) groups excluding carboxylic acids is 1. The molecule has 0 saturated carbocycles. The lowest BCUT2D eigenvalue weighted by molar-refractivity contribution is 0.0129. The first-order valence-electron chi connectivity index (χ1n) is 9.39. The fraction of sp³-hybridized carbons (Fsp3) is 0.115. The van der Waals surface area contributed by atoms with Crippen molar-refractivity contribution in [2.75, 3.05) is 0 Å². The Labute approximate surface area is 173 Å². The maximum absolute atomic E-state index is 12.9. The van der Waals surface area contributed by atoms with E-state index in [-0.39, 0.29) is 10.5 Å². The second-order valence-electron chi connectivity index (χ2n) is 7.10. The van der Waals surface area contributed by atoms with Crippen molar-refractivity contribution in [3.8, 4) is 17.2 Å². The van der Waals surface area contributed by atoms with Crippen LogP contribution < -0.4 is 0 Å². The minimum absolute atomic E-state index is 0.194. The van der Waals surface area contributed by atoms with E-state index < -0.39 is 11.6 Å². The molecule has 0 N–H and O–H groups in total. The van der Waals surface area contributed by atoms with Gasteiger partial charge in [-0.15, -0.1) is 6.42 Å². The number of hydrogen-bond donors (Lipinski definition) is 0. The largest absolute Gasteiger partial charge is 0.438 e. The molecule has 1 heterocycles. The highest BCUT2D eigenvalue weighted by molar-refractivity contribution is 7.43. The number of hydrogen-bond acceptors (Lipinski definition) is 2. The predicted octanol–water partition coefficient (Wildman–Crippen LogP) is 6.59. The summed E-state index contributed by atoms with van der Waals surface area (Å²) in [6.07, 6.45) is 5.73. The summed E-state index contributed by atoms with van der Waals surface area (Å²) in [5, 5.41) is 3.54. The number of benzene rings is 3. The van der Waals surface area contributed by atoms with Crippen LogP contribution in [0, 0.1) is 19.3 Å². The average Bonchev–Trinajstić information content (AvgIpc) is 3.11. The minimum Gasteiger partial charge on any atom is -0.438 e. The number of fused-ring (bicyclic) bond motifs is 1. The van der Waals surface area contributed by atoms with Crippen LogP contribution in [0.5, 0.6) is 0 Å². The molecule has 0 aliphatic rings. The lowest BCUT2D eigenvalue weighted by Crippen LogP contribution is -2.27. The third-order valence-corrected chi connectivity index (χ3v) is 7.24. The monoisotopic (exact) mass is 397 g/mol. The van der Waals surface area contributed by atoms with Crippen LogP contribution >= 0.6 is 10.5 Å². The van der Waals surface area contributed by atoms with Crippen molar-refractivity contribution in [3.05, 3.63) is 101 Å². The van der Waals surface area contributed by atoms with Crippen LogP contribution in [0.15, 0.2) is 84.2 Å². The summed E-state index contributed by atoms with van der Waals surface area (Å²) in [6.45, 7) is 3.87. The molecule has 0 bridgehead atoms. The molecule has 142 valence electrons. The van der Waals surface area contributed by atoms with Gasteiger partial charge in [0.1, 0.15) is 5.38 Å². The molecule has 4 aromatic rings. The Kier molecular flexibility index (Phi) is 4.96. The maximum atomic E-state index is 12.9. The average molecular weight is 398 g/mol. The van der Waals surface area contributed by atoms with E-state index in [2.05, 4.69) is 48.6 Å². The zero-order chi connectivity index (χ0) is 20.4. The molecule has 0 saturated heterocycles. The Morgan fingerprint density at radius 2 is 1.72 bits per heavy atom. The van der Waals surface area contributed by atoms with Gasteiger partial charge in [-0.3, -0.25) is 0 Å². The zero-order valence-corrected chi connectivity index (χ0v) is 17.2. The number of esters is 1. The molecular formula is C26H21O2S+. The molecule has 3 aromatic carbocycles. The first-order valence-corrected chi connectivity index (χ1v) is 10.7. The number of rotatable bonds is 4. The van der Waals surface area contributed by atoms with Gasteiger partial charge in [0.15, 0.2) is 15.2 Å². The van der Waals surface area contributed by atoms with E-state index in [4.69, 9.17) is 11.2 Å². The van der Waals surface area contributed by atoms with Gasteiger partial charge in [0.25, 0.3) is 0 Å². The molecule has 0 amide bonds. The molecule has 2 nitrogen and oxygen atoms in total. The Morgan fingerprint density at radius 1 is 1.00 bits per heavy atom. The summed E-state index contributed by atoms with van der Waals surface area (Å²) in [5.74, 6) is 2.21. The zero-order valence-electron chi connectivity index (χ0n) is 16.4. The highest BCUT2D eigenvalue weighted by Crippen LogP contribution is 2.42. The van der Waals surface area contributed by atoms with Gasteiger partial charge >= 0.3 is 5.97 Å². The predicted molar refractivity (Wildman–Crippen MR) is 121 cm³/mol. The van der Waals surface area contributed by atoms with E-state index >= 15 is 0 Å². The van der Waals surface area contributed by atoms with Crippen LogP contribution in [0.2, 0.25) is 0 Å². The third kappa shape index (κ3) is 3.55. The van der Waals surface area contributed by atoms with E-state index in [1.54, 1.807) is 13.0 Å². The minimum atomic E-state index is -1.12. The van der Waals surface area contributed by atoms with Crippen molar-refractivity contribution in [2.45, 2.75) is 19.4 Å². The van der Waals surface area contributed by atoms with Crippen LogP contribution in [0.25, 0.3) is 15.0 Å². The normalized spacial score (nSPS) is 13.5. The van der Waals surface area contributed by atoms with Gasteiger partial charge in [0, 0.05) is 33.0 Å². The molecule has 1 aromatic heterocycles. The van der Waals surface area contributed by atoms with Gasteiger partial charge in [0.05, 0.1) is 5.56 Å². The van der Waals surface area contributed by atoms with Crippen molar-refractivity contribution >= 4 is 26.5 Å². The number of thiophene rings is 1. The van der Waals surface area contributed by atoms with Crippen LogP contribution in [-0.4, -0.2) is 5.97 Å². The summed E-state index contributed by atoms with van der Waals surface area (Å²) in [4.78, 5) is 14.0. The topological polar surface area (TPSA) is 26.3 Å². The summed E-state index contributed by atoms with van der Waals surface area (Å²) in [6, 6.07) is 25.5. The highest BCUT2D eigenvalue weighted by atomic mass is 32.2. The van der Waals surface area contributed by atoms with Gasteiger partial charge in [0.2, 0.25) is 0 Å². The second kappa shape index (κ2) is 7.58. The Bertz CT molecular complexity index is 1230. The van der Waals surface area contributed by atoms with Gasteiger partial charge in [-0.05, 0) is 38.1 Å². The van der Waals surface area contributed by atoms with Crippen molar-refractivity contribution in [1.29, 1.82) is 0 Å². The second-order valence-corrected chi connectivity index (χ2v) is 8.92. The van der Waals surface area contributed by atoms with E-state index in [1.165, 1.54) is 15.6 Å². The van der Waals surface area contributed by atoms with Crippen LogP contribution in [-0.2, 0) is 10.3 Å². The van der Waals surface area contributed by atoms with Crippen molar-refractivity contribution in [3.63, 3.8) is 0 Å². The summed E-state index contributed by atoms with van der Waals surface area (Å²) in [7, 11) is -0.194. The molecule has 0 spiro atoms. The quantitative estimate of drug-likeness (QED) is 0.220. The first-order chi connectivity index (χ1) is 14.0. The molecule has 0 aliphatic heterocycles. The van der Waals surface area contributed by atoms with Gasteiger partial charge in [-0.2, -0.15) is 0 Å². The first kappa shape index (κ1) is 19.0. The van der Waals surface area contributed by atoms with E-state index in [0.717, 1.165) is 10.5 Å². The van der Waals surface area contributed by atoms with E-state index in [9.17, 15) is 4.79 Å². The molecule has 0 radical (unpaired) electrons. The number of terminal acetylenes is 1. The molecule has 2 unspecified atom stereocenters. The van der Waals surface area contributed by atoms with Gasteiger partial charge in [-0.25, -0.2) is 4.79 Å². The molecule has 2 atom stereocenters. The van der Waals surface area contributed by atoms with Crippen molar-refractivity contribution < 1.29 is 9.53 Å². The maximum Gasteiger partial charge on any atom is 0.340 e. The Morgan fingerprint density at radius 3 is 2.48 bits per heavy atom. The Balaban J connectivity index is 1.68. The SMILES string of the molecule is C#CC(C)(OC(=O)c1cccc(-[s+]2cc(C)c3ccccc32)c1)c1ccccc1. The highest BCUT2D eigenvalue weighted by Gasteiger charge is 2.29. The number of carbonyl (C=O) groups is 1. The Hall–Kier alpha value is -3.35. The smallest absolute Gasteiger partial charge is 0.340 e. The summed E-state index contributed by atoms with van der Waals surface area (Å²) >= 11 is 0. The molecule has 29 heavy (non-hydrogen) atoms. The van der Waals surface area contributed by atoms with Crippen LogP contribution in [0.3, 0.4) is 0 Å². The number of aryl methyl sites for hydroxylation is 1. The fourth-order valence-corrected chi connectivity index (χ4v) is 5.58. The molecule has 0 fully saturated rings. The number of ether oxygens (including phenoxy) is 1. The van der Waals surface area contributed by atoms with Gasteiger partial charge < -0.3 is 4.74 Å². The summed E-state index contributed by atoms with van der Waals surface area (Å²) in [5.41, 5.74) is 1.42. The molecular weight excluding hydrogens is 376 g/mol. The lowest BCUT2D eigenvalue weighted by Gasteiger charge is -2.24. The molecule has 0 aliphatic carbocycles. The molecule has 3 heteroatoms. The molecule has 4 rings (SSSR count). The lowest BCUT2D eigenvalue weighted by atomic mass is 9.96. The fourth-order valence-electron chi connectivity index (χ4n) is 3.42. The standard InChI is InChI=1S/C26H21O2S/c1-4-26(3,21-12-6-5-7-13-21)28-25(27)20-11-10-14-22(17-20)29-18-19(2)23-15-8-9-16-24(23)29/h1,5-18H,2-3H3/q+1.